The summed E-state index contributed by atoms with van der Waals surface area (Å²) in [5, 5.41) is 6.20. The molecule has 0 fully saturated rings. The number of pyridine rings is 1. The van der Waals surface area contributed by atoms with Crippen LogP contribution in [0.5, 0.6) is 0 Å². The minimum absolute atomic E-state index is 0.343. The van der Waals surface area contributed by atoms with E-state index in [4.69, 9.17) is 11.5 Å². The van der Waals surface area contributed by atoms with E-state index in [1.54, 1.807) is 12.3 Å². The van der Waals surface area contributed by atoms with E-state index in [0.717, 1.165) is 10.1 Å². The van der Waals surface area contributed by atoms with Gasteiger partial charge in [-0.15, -0.1) is 23.1 Å². The van der Waals surface area contributed by atoms with Gasteiger partial charge in [-0.05, 0) is 53.9 Å². The standard InChI is InChI=1S/C21H23FN4OS2/c1-3-21(24,8-11-28-13(2)23)16-12-15(4-5-17(16)22)26-20(27)18-19-14(6-9-25-18)7-10-29-19/h4-7,9-10,12H,2-3,8,11,23-24H2,1H3,(H,26,27)/t21-/m0/s1. The zero-order valence-electron chi connectivity index (χ0n) is 16.1. The molecular weight excluding hydrogens is 407 g/mol. The van der Waals surface area contributed by atoms with Crippen molar-refractivity contribution in [3.05, 3.63) is 70.6 Å². The van der Waals surface area contributed by atoms with Crippen molar-refractivity contribution in [2.45, 2.75) is 25.3 Å². The van der Waals surface area contributed by atoms with Crippen molar-refractivity contribution < 1.29 is 9.18 Å². The van der Waals surface area contributed by atoms with Gasteiger partial charge in [-0.1, -0.05) is 13.5 Å². The fourth-order valence-corrected chi connectivity index (χ4v) is 4.70. The summed E-state index contributed by atoms with van der Waals surface area (Å²) in [5.41, 5.74) is 12.4. The van der Waals surface area contributed by atoms with E-state index in [-0.39, 0.29) is 5.91 Å². The number of benzene rings is 1. The molecule has 29 heavy (non-hydrogen) atoms. The van der Waals surface area contributed by atoms with Gasteiger partial charge in [0.15, 0.2) is 0 Å². The molecule has 2 heterocycles. The maximum Gasteiger partial charge on any atom is 0.275 e. The van der Waals surface area contributed by atoms with Crippen LogP contribution in [-0.4, -0.2) is 16.6 Å². The van der Waals surface area contributed by atoms with Gasteiger partial charge in [0, 0.05) is 28.7 Å². The van der Waals surface area contributed by atoms with Crippen molar-refractivity contribution in [2.75, 3.05) is 11.1 Å². The quantitative estimate of drug-likeness (QED) is 0.477. The SMILES string of the molecule is C=C(N)SCC[C@@](N)(CC)c1cc(NC(=O)c2nccc3ccsc23)ccc1F. The first-order valence-electron chi connectivity index (χ1n) is 9.13. The molecule has 0 spiro atoms. The third-order valence-electron chi connectivity index (χ3n) is 4.81. The molecule has 0 aliphatic carbocycles. The van der Waals surface area contributed by atoms with Gasteiger partial charge in [-0.2, -0.15) is 0 Å². The van der Waals surface area contributed by atoms with Crippen LogP contribution in [0.2, 0.25) is 0 Å². The summed E-state index contributed by atoms with van der Waals surface area (Å²) >= 11 is 2.85. The topological polar surface area (TPSA) is 94.0 Å². The second-order valence-corrected chi connectivity index (χ2v) is 8.86. The van der Waals surface area contributed by atoms with E-state index in [0.29, 0.717) is 40.6 Å². The van der Waals surface area contributed by atoms with Crippen LogP contribution in [-0.2, 0) is 5.54 Å². The van der Waals surface area contributed by atoms with Crippen LogP contribution in [0.25, 0.3) is 10.1 Å². The number of nitrogens with zero attached hydrogens (tertiary/aromatic N) is 1. The molecule has 0 saturated carbocycles. The van der Waals surface area contributed by atoms with Crippen LogP contribution in [0.15, 0.2) is 53.5 Å². The summed E-state index contributed by atoms with van der Waals surface area (Å²) in [7, 11) is 0. The highest BCUT2D eigenvalue weighted by Crippen LogP contribution is 2.32. The maximum absolute atomic E-state index is 14.6. The highest BCUT2D eigenvalue weighted by molar-refractivity contribution is 8.02. The van der Waals surface area contributed by atoms with Crippen LogP contribution >= 0.6 is 23.1 Å². The summed E-state index contributed by atoms with van der Waals surface area (Å²) in [6.07, 6.45) is 2.66. The molecule has 0 saturated heterocycles. The Labute approximate surface area is 177 Å². The number of nitrogens with two attached hydrogens (primary N) is 2. The van der Waals surface area contributed by atoms with Crippen LogP contribution in [0.1, 0.15) is 35.8 Å². The molecule has 0 aliphatic rings. The van der Waals surface area contributed by atoms with E-state index in [1.165, 1.54) is 35.2 Å². The van der Waals surface area contributed by atoms with Gasteiger partial charge < -0.3 is 16.8 Å². The molecule has 0 aliphatic heterocycles. The van der Waals surface area contributed by atoms with Gasteiger partial charge in [0.2, 0.25) is 0 Å². The molecule has 3 aromatic rings. The molecular formula is C21H23FN4OS2. The third-order valence-corrected chi connectivity index (χ3v) is 6.53. The molecule has 3 rings (SSSR count). The van der Waals surface area contributed by atoms with Crippen molar-refractivity contribution in [1.82, 2.24) is 4.98 Å². The van der Waals surface area contributed by atoms with Gasteiger partial charge in [0.1, 0.15) is 11.5 Å². The average Bonchev–Trinajstić information content (AvgIpc) is 3.17. The Kier molecular flexibility index (Phi) is 6.56. The highest BCUT2D eigenvalue weighted by atomic mass is 32.2. The number of anilines is 1. The summed E-state index contributed by atoms with van der Waals surface area (Å²) < 4.78 is 15.4. The number of thiophene rings is 1. The zero-order valence-corrected chi connectivity index (χ0v) is 17.7. The van der Waals surface area contributed by atoms with Crippen LogP contribution in [0.3, 0.4) is 0 Å². The van der Waals surface area contributed by atoms with Crippen molar-refractivity contribution >= 4 is 44.8 Å². The number of fused-ring (bicyclic) bond motifs is 1. The van der Waals surface area contributed by atoms with Gasteiger partial charge >= 0.3 is 0 Å². The first-order valence-corrected chi connectivity index (χ1v) is 11.0. The number of thioether (sulfide) groups is 1. The number of carbonyl (C=O) groups excluding carboxylic acids is 1. The predicted octanol–water partition coefficient (Wildman–Crippen LogP) is 4.80. The molecule has 5 N–H and O–H groups in total. The first-order chi connectivity index (χ1) is 13.8. The fraction of sp³-hybridized carbons (Fsp3) is 0.238. The largest absolute Gasteiger partial charge is 0.394 e. The van der Waals surface area contributed by atoms with Gasteiger partial charge in [0.05, 0.1) is 9.73 Å². The Hall–Kier alpha value is -2.42. The number of nitrogens with one attached hydrogen (secondary N) is 1. The Morgan fingerprint density at radius 2 is 2.17 bits per heavy atom. The van der Waals surface area contributed by atoms with E-state index in [2.05, 4.69) is 16.9 Å². The second kappa shape index (κ2) is 8.94. The molecule has 2 aromatic heterocycles. The smallest absolute Gasteiger partial charge is 0.275 e. The molecule has 1 amide bonds. The monoisotopic (exact) mass is 430 g/mol. The van der Waals surface area contributed by atoms with E-state index >= 15 is 0 Å². The summed E-state index contributed by atoms with van der Waals surface area (Å²) in [5.74, 6) is -0.118. The molecule has 152 valence electrons. The third kappa shape index (κ3) is 4.77. The van der Waals surface area contributed by atoms with Gasteiger partial charge in [0.25, 0.3) is 5.91 Å². The number of carbonyl (C=O) groups is 1. The minimum atomic E-state index is -0.876. The molecule has 1 atom stereocenters. The fourth-order valence-electron chi connectivity index (χ4n) is 3.10. The van der Waals surface area contributed by atoms with E-state index < -0.39 is 11.4 Å². The zero-order chi connectivity index (χ0) is 21.0. The molecule has 0 radical (unpaired) electrons. The predicted molar refractivity (Wildman–Crippen MR) is 121 cm³/mol. The van der Waals surface area contributed by atoms with Crippen LogP contribution in [0.4, 0.5) is 10.1 Å². The molecule has 0 unspecified atom stereocenters. The van der Waals surface area contributed by atoms with Gasteiger partial charge in [-0.3, -0.25) is 4.79 Å². The number of rotatable bonds is 8. The Morgan fingerprint density at radius 1 is 1.38 bits per heavy atom. The molecule has 5 nitrogen and oxygen atoms in total. The number of amides is 1. The van der Waals surface area contributed by atoms with Gasteiger partial charge in [-0.25, -0.2) is 9.37 Å². The van der Waals surface area contributed by atoms with Crippen molar-refractivity contribution in [3.8, 4) is 0 Å². The maximum atomic E-state index is 14.6. The van der Waals surface area contributed by atoms with Crippen molar-refractivity contribution in [3.63, 3.8) is 0 Å². The summed E-state index contributed by atoms with van der Waals surface area (Å²) in [4.78, 5) is 17.0. The number of halogens is 1. The Balaban J connectivity index is 1.85. The lowest BCUT2D eigenvalue weighted by molar-refractivity contribution is 0.102. The first kappa shape index (κ1) is 21.3. The molecule has 8 heteroatoms. The highest BCUT2D eigenvalue weighted by Gasteiger charge is 2.29. The second-order valence-electron chi connectivity index (χ2n) is 6.72. The Bertz CT molecular complexity index is 1050. The number of hydrogen-bond donors (Lipinski definition) is 3. The summed E-state index contributed by atoms with van der Waals surface area (Å²) in [6, 6.07) is 8.25. The molecule has 1 aromatic carbocycles. The van der Waals surface area contributed by atoms with Crippen LogP contribution < -0.4 is 16.8 Å². The van der Waals surface area contributed by atoms with E-state index in [9.17, 15) is 9.18 Å². The molecule has 0 bridgehead atoms. The van der Waals surface area contributed by atoms with Crippen molar-refractivity contribution in [1.29, 1.82) is 0 Å². The number of hydrogen-bond acceptors (Lipinski definition) is 6. The lowest BCUT2D eigenvalue weighted by atomic mass is 9.85. The lowest BCUT2D eigenvalue weighted by Crippen LogP contribution is -2.37. The van der Waals surface area contributed by atoms with Crippen molar-refractivity contribution in [2.24, 2.45) is 11.5 Å². The average molecular weight is 431 g/mol. The minimum Gasteiger partial charge on any atom is -0.394 e. The lowest BCUT2D eigenvalue weighted by Gasteiger charge is -2.29. The number of aromatic nitrogens is 1. The Morgan fingerprint density at radius 3 is 2.90 bits per heavy atom. The van der Waals surface area contributed by atoms with Crippen LogP contribution in [0, 0.1) is 5.82 Å². The normalized spacial score (nSPS) is 13.2. The van der Waals surface area contributed by atoms with E-state index in [1.807, 2.05) is 24.4 Å². The summed E-state index contributed by atoms with van der Waals surface area (Å²) in [6.45, 7) is 5.57.